The minimum absolute atomic E-state index is 0.214. The van der Waals surface area contributed by atoms with Crippen LogP contribution in [0.2, 0.25) is 0 Å². The van der Waals surface area contributed by atoms with Crippen LogP contribution < -0.4 is 0 Å². The molecule has 0 spiro atoms. The van der Waals surface area contributed by atoms with E-state index >= 15 is 0 Å². The average molecular weight is 197 g/mol. The number of carbonyl (C=O) groups excluding carboxylic acids is 2. The number of ketones is 1. The first-order valence-electron chi connectivity index (χ1n) is 4.77. The Morgan fingerprint density at radius 3 is 2.43 bits per heavy atom. The summed E-state index contributed by atoms with van der Waals surface area (Å²) in [4.78, 5) is 24.4. The van der Waals surface area contributed by atoms with Crippen molar-refractivity contribution in [2.75, 3.05) is 19.7 Å². The molecule has 0 N–H and O–H groups in total. The molecule has 0 atom stereocenters. The summed E-state index contributed by atoms with van der Waals surface area (Å²) in [7, 11) is 0. The smallest absolute Gasteiger partial charge is 0.344 e. The Bertz CT molecular complexity index is 290. The summed E-state index contributed by atoms with van der Waals surface area (Å²) in [6.07, 6.45) is 0. The molecule has 0 bridgehead atoms. The summed E-state index contributed by atoms with van der Waals surface area (Å²) in [6, 6.07) is 0. The number of carbonyl (C=O) groups is 2. The fraction of sp³-hybridized carbons (Fsp3) is 0.600. The van der Waals surface area contributed by atoms with Crippen molar-refractivity contribution in [2.24, 2.45) is 0 Å². The van der Waals surface area contributed by atoms with E-state index in [1.807, 2.05) is 18.7 Å². The van der Waals surface area contributed by atoms with Crippen LogP contribution in [-0.4, -0.2) is 36.3 Å². The molecule has 0 unspecified atom stereocenters. The SMILES string of the molecule is CCN(CC)C1=C(C(C)=O)C(=O)OC1. The fourth-order valence-corrected chi connectivity index (χ4v) is 1.60. The Labute approximate surface area is 83.5 Å². The van der Waals surface area contributed by atoms with Crippen LogP contribution in [0, 0.1) is 0 Å². The van der Waals surface area contributed by atoms with Crippen LogP contribution in [0.3, 0.4) is 0 Å². The second kappa shape index (κ2) is 4.26. The summed E-state index contributed by atoms with van der Waals surface area (Å²) in [6.45, 7) is 7.15. The highest BCUT2D eigenvalue weighted by Gasteiger charge is 2.30. The van der Waals surface area contributed by atoms with Crippen molar-refractivity contribution in [3.8, 4) is 0 Å². The van der Waals surface area contributed by atoms with Crippen molar-refractivity contribution in [1.29, 1.82) is 0 Å². The standard InChI is InChI=1S/C10H15NO3/c1-4-11(5-2)8-6-14-10(13)9(8)7(3)12/h4-6H2,1-3H3. The van der Waals surface area contributed by atoms with Crippen LogP contribution in [0.1, 0.15) is 20.8 Å². The topological polar surface area (TPSA) is 46.6 Å². The monoisotopic (exact) mass is 197 g/mol. The van der Waals surface area contributed by atoms with E-state index in [9.17, 15) is 9.59 Å². The molecule has 4 heteroatoms. The minimum Gasteiger partial charge on any atom is -0.456 e. The molecule has 1 aliphatic heterocycles. The van der Waals surface area contributed by atoms with Crippen molar-refractivity contribution in [3.05, 3.63) is 11.3 Å². The van der Waals surface area contributed by atoms with Gasteiger partial charge in [-0.3, -0.25) is 4.79 Å². The molecule has 0 radical (unpaired) electrons. The van der Waals surface area contributed by atoms with Gasteiger partial charge in [-0.2, -0.15) is 0 Å². The summed E-state index contributed by atoms with van der Waals surface area (Å²) >= 11 is 0. The molecule has 0 saturated heterocycles. The number of nitrogens with zero attached hydrogens (tertiary/aromatic N) is 1. The third-order valence-corrected chi connectivity index (χ3v) is 2.33. The molecule has 1 heterocycles. The molecule has 0 amide bonds. The van der Waals surface area contributed by atoms with Crippen molar-refractivity contribution >= 4 is 11.8 Å². The van der Waals surface area contributed by atoms with E-state index in [1.165, 1.54) is 6.92 Å². The Morgan fingerprint density at radius 1 is 1.43 bits per heavy atom. The summed E-state index contributed by atoms with van der Waals surface area (Å²) in [5.74, 6) is -0.700. The van der Waals surface area contributed by atoms with E-state index in [0.717, 1.165) is 18.8 Å². The second-order valence-corrected chi connectivity index (χ2v) is 3.13. The van der Waals surface area contributed by atoms with Gasteiger partial charge in [0.2, 0.25) is 0 Å². The predicted molar refractivity (Wildman–Crippen MR) is 51.6 cm³/mol. The zero-order valence-corrected chi connectivity index (χ0v) is 8.79. The lowest BCUT2D eigenvalue weighted by Crippen LogP contribution is -2.25. The van der Waals surface area contributed by atoms with Crippen molar-refractivity contribution in [2.45, 2.75) is 20.8 Å². The average Bonchev–Trinajstić information content (AvgIpc) is 2.50. The van der Waals surface area contributed by atoms with Crippen LogP contribution in [0.15, 0.2) is 11.3 Å². The number of rotatable bonds is 4. The zero-order valence-electron chi connectivity index (χ0n) is 8.79. The molecule has 4 nitrogen and oxygen atoms in total. The van der Waals surface area contributed by atoms with Crippen LogP contribution in [-0.2, 0) is 14.3 Å². The molecule has 0 aliphatic carbocycles. The first kappa shape index (κ1) is 10.8. The maximum Gasteiger partial charge on any atom is 0.344 e. The molecule has 0 aromatic carbocycles. The summed E-state index contributed by atoms with van der Waals surface area (Å²) in [5, 5.41) is 0. The van der Waals surface area contributed by atoms with Gasteiger partial charge in [-0.05, 0) is 20.8 Å². The molecule has 1 rings (SSSR count). The van der Waals surface area contributed by atoms with E-state index in [0.29, 0.717) is 0 Å². The number of Topliss-reactive ketones (excluding diaryl/α,β-unsaturated/α-hetero) is 1. The van der Waals surface area contributed by atoms with Gasteiger partial charge in [0.25, 0.3) is 0 Å². The molecule has 0 aromatic heterocycles. The lowest BCUT2D eigenvalue weighted by molar-refractivity contribution is -0.137. The number of hydrogen-bond donors (Lipinski definition) is 0. The van der Waals surface area contributed by atoms with Gasteiger partial charge >= 0.3 is 5.97 Å². The lowest BCUT2D eigenvalue weighted by Gasteiger charge is -2.21. The zero-order chi connectivity index (χ0) is 10.7. The highest BCUT2D eigenvalue weighted by atomic mass is 16.5. The first-order valence-corrected chi connectivity index (χ1v) is 4.77. The highest BCUT2D eigenvalue weighted by molar-refractivity contribution is 6.18. The normalized spacial score (nSPS) is 15.8. The van der Waals surface area contributed by atoms with Gasteiger partial charge in [0.1, 0.15) is 12.2 Å². The Hall–Kier alpha value is -1.32. The van der Waals surface area contributed by atoms with Crippen molar-refractivity contribution in [1.82, 2.24) is 4.90 Å². The van der Waals surface area contributed by atoms with Gasteiger partial charge < -0.3 is 9.64 Å². The van der Waals surface area contributed by atoms with Gasteiger partial charge in [-0.25, -0.2) is 4.79 Å². The molecule has 0 aromatic rings. The summed E-state index contributed by atoms with van der Waals surface area (Å²) < 4.78 is 4.85. The Balaban J connectivity index is 3.03. The first-order chi connectivity index (χ1) is 6.61. The van der Waals surface area contributed by atoms with E-state index in [4.69, 9.17) is 4.74 Å². The highest BCUT2D eigenvalue weighted by Crippen LogP contribution is 2.20. The fourth-order valence-electron chi connectivity index (χ4n) is 1.60. The van der Waals surface area contributed by atoms with E-state index in [1.54, 1.807) is 0 Å². The van der Waals surface area contributed by atoms with E-state index < -0.39 is 5.97 Å². The van der Waals surface area contributed by atoms with E-state index in [2.05, 4.69) is 0 Å². The Morgan fingerprint density at radius 2 is 2.00 bits per heavy atom. The largest absolute Gasteiger partial charge is 0.456 e. The molecule has 0 saturated carbocycles. The molecule has 0 fully saturated rings. The van der Waals surface area contributed by atoms with Crippen LogP contribution in [0.5, 0.6) is 0 Å². The maximum absolute atomic E-state index is 11.2. The van der Waals surface area contributed by atoms with Crippen molar-refractivity contribution < 1.29 is 14.3 Å². The third kappa shape index (κ3) is 1.78. The van der Waals surface area contributed by atoms with Crippen LogP contribution in [0.4, 0.5) is 0 Å². The molecular formula is C10H15NO3. The quantitative estimate of drug-likeness (QED) is 0.492. The molecular weight excluding hydrogens is 182 g/mol. The van der Waals surface area contributed by atoms with Gasteiger partial charge in [0, 0.05) is 13.1 Å². The molecule has 78 valence electrons. The van der Waals surface area contributed by atoms with Crippen molar-refractivity contribution in [3.63, 3.8) is 0 Å². The van der Waals surface area contributed by atoms with Crippen LogP contribution >= 0.6 is 0 Å². The lowest BCUT2D eigenvalue weighted by atomic mass is 10.1. The number of cyclic esters (lactones) is 1. The minimum atomic E-state index is -0.487. The number of ether oxygens (including phenoxy) is 1. The number of esters is 1. The van der Waals surface area contributed by atoms with E-state index in [-0.39, 0.29) is 18.0 Å². The summed E-state index contributed by atoms with van der Waals surface area (Å²) in [5.41, 5.74) is 0.946. The van der Waals surface area contributed by atoms with Gasteiger partial charge in [-0.15, -0.1) is 0 Å². The Kier molecular flexibility index (Phi) is 3.28. The van der Waals surface area contributed by atoms with Gasteiger partial charge in [-0.1, -0.05) is 0 Å². The maximum atomic E-state index is 11.2. The van der Waals surface area contributed by atoms with Gasteiger partial charge in [0.15, 0.2) is 5.78 Å². The third-order valence-electron chi connectivity index (χ3n) is 2.33. The number of hydrogen-bond acceptors (Lipinski definition) is 4. The molecule has 1 aliphatic rings. The number of likely N-dealkylation sites (N-methyl/N-ethyl adjacent to an activating group) is 1. The van der Waals surface area contributed by atoms with Gasteiger partial charge in [0.05, 0.1) is 5.70 Å². The molecule has 14 heavy (non-hydrogen) atoms. The van der Waals surface area contributed by atoms with Crippen LogP contribution in [0.25, 0.3) is 0 Å². The predicted octanol–water partition coefficient (Wildman–Crippen LogP) is 0.728. The second-order valence-electron chi connectivity index (χ2n) is 3.13.